The first-order valence-electron chi connectivity index (χ1n) is 5.90. The molecular formula is C16H17NO. The molecule has 0 fully saturated rings. The summed E-state index contributed by atoms with van der Waals surface area (Å²) in [5.41, 5.74) is 3.43. The van der Waals surface area contributed by atoms with Crippen LogP contribution in [-0.2, 0) is 0 Å². The number of phenolic OH excluding ortho intramolecular Hbond substituents is 1. The predicted octanol–water partition coefficient (Wildman–Crippen LogP) is 3.63. The van der Waals surface area contributed by atoms with Crippen molar-refractivity contribution in [1.29, 1.82) is 0 Å². The van der Waals surface area contributed by atoms with Crippen molar-refractivity contribution in [3.63, 3.8) is 0 Å². The van der Waals surface area contributed by atoms with Crippen molar-refractivity contribution in [3.05, 3.63) is 59.7 Å². The Kier molecular flexibility index (Phi) is 3.68. The van der Waals surface area contributed by atoms with E-state index in [4.69, 9.17) is 0 Å². The van der Waals surface area contributed by atoms with Crippen LogP contribution in [0.4, 0.5) is 5.69 Å². The van der Waals surface area contributed by atoms with Gasteiger partial charge in [0.25, 0.3) is 0 Å². The SMILES string of the molecule is CN(C)c1ccc(/C=C/c2ccc(O)cc2)cc1. The van der Waals surface area contributed by atoms with Crippen LogP contribution in [0.1, 0.15) is 11.1 Å². The highest BCUT2D eigenvalue weighted by Gasteiger charge is 1.93. The molecule has 2 aromatic carbocycles. The third kappa shape index (κ3) is 3.14. The molecule has 2 aromatic rings. The van der Waals surface area contributed by atoms with Gasteiger partial charge in [0.2, 0.25) is 0 Å². The third-order valence-electron chi connectivity index (χ3n) is 2.77. The van der Waals surface area contributed by atoms with Gasteiger partial charge in [-0.15, -0.1) is 0 Å². The minimum Gasteiger partial charge on any atom is -0.508 e. The Morgan fingerprint density at radius 3 is 1.67 bits per heavy atom. The van der Waals surface area contributed by atoms with Crippen molar-refractivity contribution in [2.75, 3.05) is 19.0 Å². The molecule has 0 unspecified atom stereocenters. The molecular weight excluding hydrogens is 222 g/mol. The number of aromatic hydroxyl groups is 1. The van der Waals surface area contributed by atoms with Gasteiger partial charge in [-0.05, 0) is 35.4 Å². The first kappa shape index (κ1) is 12.2. The highest BCUT2D eigenvalue weighted by Crippen LogP contribution is 2.15. The van der Waals surface area contributed by atoms with E-state index in [0.29, 0.717) is 5.75 Å². The summed E-state index contributed by atoms with van der Waals surface area (Å²) in [6.45, 7) is 0. The molecule has 0 aliphatic carbocycles. The van der Waals surface area contributed by atoms with Crippen LogP contribution in [0.25, 0.3) is 12.2 Å². The Morgan fingerprint density at radius 1 is 0.778 bits per heavy atom. The van der Waals surface area contributed by atoms with Gasteiger partial charge in [-0.2, -0.15) is 0 Å². The lowest BCUT2D eigenvalue weighted by Gasteiger charge is -2.11. The summed E-state index contributed by atoms with van der Waals surface area (Å²) in [6, 6.07) is 15.5. The van der Waals surface area contributed by atoms with Crippen molar-refractivity contribution >= 4 is 17.8 Å². The van der Waals surface area contributed by atoms with Crippen LogP contribution in [0.15, 0.2) is 48.5 Å². The maximum absolute atomic E-state index is 9.20. The van der Waals surface area contributed by atoms with Gasteiger partial charge in [0, 0.05) is 19.8 Å². The number of anilines is 1. The number of hydrogen-bond acceptors (Lipinski definition) is 2. The highest BCUT2D eigenvalue weighted by atomic mass is 16.3. The number of benzene rings is 2. The summed E-state index contributed by atoms with van der Waals surface area (Å²) in [5.74, 6) is 0.294. The first-order valence-corrected chi connectivity index (χ1v) is 5.90. The molecule has 2 heteroatoms. The number of phenols is 1. The maximum Gasteiger partial charge on any atom is 0.115 e. The lowest BCUT2D eigenvalue weighted by atomic mass is 10.1. The second kappa shape index (κ2) is 5.41. The smallest absolute Gasteiger partial charge is 0.115 e. The Morgan fingerprint density at radius 2 is 1.22 bits per heavy atom. The van der Waals surface area contributed by atoms with Gasteiger partial charge in [-0.25, -0.2) is 0 Å². The fourth-order valence-electron chi connectivity index (χ4n) is 1.66. The molecule has 0 bridgehead atoms. The van der Waals surface area contributed by atoms with Crippen LogP contribution in [0, 0.1) is 0 Å². The van der Waals surface area contributed by atoms with Gasteiger partial charge < -0.3 is 10.0 Å². The lowest BCUT2D eigenvalue weighted by Crippen LogP contribution is -2.07. The number of hydrogen-bond donors (Lipinski definition) is 1. The van der Waals surface area contributed by atoms with Crippen LogP contribution < -0.4 is 4.90 Å². The molecule has 18 heavy (non-hydrogen) atoms. The molecule has 0 saturated carbocycles. The van der Waals surface area contributed by atoms with Crippen LogP contribution >= 0.6 is 0 Å². The molecule has 0 aliphatic rings. The maximum atomic E-state index is 9.20. The molecule has 2 rings (SSSR count). The minimum atomic E-state index is 0.294. The first-order chi connectivity index (χ1) is 8.65. The molecule has 0 aromatic heterocycles. The average Bonchev–Trinajstić information content (AvgIpc) is 2.38. The predicted molar refractivity (Wildman–Crippen MR) is 77.8 cm³/mol. The van der Waals surface area contributed by atoms with Crippen molar-refractivity contribution < 1.29 is 5.11 Å². The van der Waals surface area contributed by atoms with E-state index in [0.717, 1.165) is 11.1 Å². The van der Waals surface area contributed by atoms with Crippen molar-refractivity contribution in [3.8, 4) is 5.75 Å². The minimum absolute atomic E-state index is 0.294. The topological polar surface area (TPSA) is 23.5 Å². The summed E-state index contributed by atoms with van der Waals surface area (Å²) in [7, 11) is 4.06. The van der Waals surface area contributed by atoms with Crippen LogP contribution in [0.2, 0.25) is 0 Å². The molecule has 1 N–H and O–H groups in total. The summed E-state index contributed by atoms with van der Waals surface area (Å²) < 4.78 is 0. The van der Waals surface area contributed by atoms with Crippen molar-refractivity contribution in [1.82, 2.24) is 0 Å². The molecule has 0 saturated heterocycles. The van der Waals surface area contributed by atoms with E-state index in [1.54, 1.807) is 12.1 Å². The summed E-state index contributed by atoms with van der Waals surface area (Å²) in [5, 5.41) is 9.20. The number of nitrogens with zero attached hydrogens (tertiary/aromatic N) is 1. The highest BCUT2D eigenvalue weighted by molar-refractivity contribution is 5.70. The molecule has 0 atom stereocenters. The van der Waals surface area contributed by atoms with Crippen molar-refractivity contribution in [2.45, 2.75) is 0 Å². The molecule has 0 amide bonds. The van der Waals surface area contributed by atoms with Gasteiger partial charge in [0.15, 0.2) is 0 Å². The van der Waals surface area contributed by atoms with E-state index in [9.17, 15) is 5.11 Å². The largest absolute Gasteiger partial charge is 0.508 e. The third-order valence-corrected chi connectivity index (χ3v) is 2.77. The summed E-state index contributed by atoms with van der Waals surface area (Å²) in [4.78, 5) is 2.08. The van der Waals surface area contributed by atoms with E-state index < -0.39 is 0 Å². The van der Waals surface area contributed by atoms with Gasteiger partial charge in [0.1, 0.15) is 5.75 Å². The van der Waals surface area contributed by atoms with E-state index in [-0.39, 0.29) is 0 Å². The summed E-state index contributed by atoms with van der Waals surface area (Å²) in [6.07, 6.45) is 4.09. The van der Waals surface area contributed by atoms with Gasteiger partial charge >= 0.3 is 0 Å². The van der Waals surface area contributed by atoms with Gasteiger partial charge in [0.05, 0.1) is 0 Å². The average molecular weight is 239 g/mol. The van der Waals surface area contributed by atoms with E-state index >= 15 is 0 Å². The summed E-state index contributed by atoms with van der Waals surface area (Å²) >= 11 is 0. The fraction of sp³-hybridized carbons (Fsp3) is 0.125. The fourth-order valence-corrected chi connectivity index (χ4v) is 1.66. The van der Waals surface area contributed by atoms with Crippen molar-refractivity contribution in [2.24, 2.45) is 0 Å². The zero-order chi connectivity index (χ0) is 13.0. The van der Waals surface area contributed by atoms with Gasteiger partial charge in [-0.1, -0.05) is 36.4 Å². The van der Waals surface area contributed by atoms with Crippen LogP contribution in [-0.4, -0.2) is 19.2 Å². The van der Waals surface area contributed by atoms with Gasteiger partial charge in [-0.3, -0.25) is 0 Å². The van der Waals surface area contributed by atoms with E-state index in [2.05, 4.69) is 35.2 Å². The molecule has 0 aliphatic heterocycles. The van der Waals surface area contributed by atoms with Crippen LogP contribution in [0.5, 0.6) is 5.75 Å². The molecule has 2 nitrogen and oxygen atoms in total. The zero-order valence-electron chi connectivity index (χ0n) is 10.7. The van der Waals surface area contributed by atoms with E-state index in [1.165, 1.54) is 5.69 Å². The van der Waals surface area contributed by atoms with Crippen LogP contribution in [0.3, 0.4) is 0 Å². The zero-order valence-corrected chi connectivity index (χ0v) is 10.7. The molecule has 0 radical (unpaired) electrons. The molecule has 0 spiro atoms. The molecule has 0 heterocycles. The standard InChI is InChI=1S/C16H17NO/c1-17(2)15-9-5-13(6-10-15)3-4-14-7-11-16(18)12-8-14/h3-12,18H,1-2H3/b4-3+. The Labute approximate surface area is 108 Å². The quantitative estimate of drug-likeness (QED) is 0.827. The lowest BCUT2D eigenvalue weighted by molar-refractivity contribution is 0.475. The monoisotopic (exact) mass is 239 g/mol. The second-order valence-corrected chi connectivity index (χ2v) is 4.41. The normalized spacial score (nSPS) is 10.8. The Balaban J connectivity index is 2.11. The van der Waals surface area contributed by atoms with E-state index in [1.807, 2.05) is 32.3 Å². The second-order valence-electron chi connectivity index (χ2n) is 4.41. The Bertz CT molecular complexity index is 524. The molecule has 92 valence electrons. The Hall–Kier alpha value is -2.22. The number of rotatable bonds is 3.